The number of aromatic nitrogens is 1. The number of hydrogen-bond acceptors (Lipinski definition) is 3. The minimum absolute atomic E-state index is 0.285. The van der Waals surface area contributed by atoms with Gasteiger partial charge in [0.25, 0.3) is 0 Å². The zero-order valence-electron chi connectivity index (χ0n) is 8.97. The Morgan fingerprint density at radius 1 is 1.53 bits per heavy atom. The van der Waals surface area contributed by atoms with E-state index in [9.17, 15) is 5.11 Å². The van der Waals surface area contributed by atoms with Crippen molar-refractivity contribution >= 4 is 0 Å². The minimum Gasteiger partial charge on any atom is -0.392 e. The molecule has 3 atom stereocenters. The van der Waals surface area contributed by atoms with Gasteiger partial charge in [-0.1, -0.05) is 0 Å². The fourth-order valence-electron chi connectivity index (χ4n) is 2.05. The van der Waals surface area contributed by atoms with Gasteiger partial charge in [0.15, 0.2) is 0 Å². The average Bonchev–Trinajstić information content (AvgIpc) is 2.66. The van der Waals surface area contributed by atoms with Gasteiger partial charge in [0, 0.05) is 18.3 Å². The Morgan fingerprint density at radius 2 is 2.27 bits per heavy atom. The van der Waals surface area contributed by atoms with Crippen molar-refractivity contribution in [1.29, 1.82) is 0 Å². The van der Waals surface area contributed by atoms with Crippen molar-refractivity contribution in [2.45, 2.75) is 32.0 Å². The van der Waals surface area contributed by atoms with E-state index in [2.05, 4.69) is 11.9 Å². The van der Waals surface area contributed by atoms with Gasteiger partial charge in [-0.2, -0.15) is 0 Å². The predicted octanol–water partition coefficient (Wildman–Crippen LogP) is 1.41. The summed E-state index contributed by atoms with van der Waals surface area (Å²) in [5.74, 6) is 0.285. The molecule has 0 amide bonds. The average molecular weight is 207 g/mol. The highest BCUT2D eigenvalue weighted by atomic mass is 16.5. The van der Waals surface area contributed by atoms with Crippen LogP contribution in [0.5, 0.6) is 0 Å². The summed E-state index contributed by atoms with van der Waals surface area (Å²) in [5, 5.41) is 10.0. The topological polar surface area (TPSA) is 42.4 Å². The highest BCUT2D eigenvalue weighted by molar-refractivity contribution is 5.11. The van der Waals surface area contributed by atoms with Crippen LogP contribution in [0, 0.1) is 5.92 Å². The highest BCUT2D eigenvalue weighted by Crippen LogP contribution is 2.24. The van der Waals surface area contributed by atoms with Crippen LogP contribution in [-0.2, 0) is 11.2 Å². The number of aliphatic hydroxyl groups excluding tert-OH is 1. The molecule has 1 aliphatic heterocycles. The van der Waals surface area contributed by atoms with Crippen LogP contribution in [0.25, 0.3) is 0 Å². The van der Waals surface area contributed by atoms with E-state index in [0.717, 1.165) is 12.0 Å². The smallest absolute Gasteiger partial charge is 0.0631 e. The predicted molar refractivity (Wildman–Crippen MR) is 57.5 cm³/mol. The molecule has 1 aliphatic rings. The molecule has 3 unspecified atom stereocenters. The third-order valence-electron chi connectivity index (χ3n) is 2.97. The van der Waals surface area contributed by atoms with E-state index in [1.165, 1.54) is 0 Å². The molecule has 2 heterocycles. The summed E-state index contributed by atoms with van der Waals surface area (Å²) in [6.07, 6.45) is 5.18. The number of hydrogen-bond donors (Lipinski definition) is 1. The molecule has 2 rings (SSSR count). The summed E-state index contributed by atoms with van der Waals surface area (Å²) in [5.41, 5.74) is 1.14. The van der Waals surface area contributed by atoms with Gasteiger partial charge in [-0.05, 0) is 37.5 Å². The van der Waals surface area contributed by atoms with Crippen LogP contribution in [0.3, 0.4) is 0 Å². The first-order valence-electron chi connectivity index (χ1n) is 5.44. The fourth-order valence-corrected chi connectivity index (χ4v) is 2.05. The van der Waals surface area contributed by atoms with E-state index in [1.54, 1.807) is 12.4 Å². The summed E-state index contributed by atoms with van der Waals surface area (Å²) in [6.45, 7) is 2.74. The van der Waals surface area contributed by atoms with E-state index >= 15 is 0 Å². The Kier molecular flexibility index (Phi) is 3.34. The maximum atomic E-state index is 10.0. The van der Waals surface area contributed by atoms with Crippen molar-refractivity contribution in [2.75, 3.05) is 6.61 Å². The Balaban J connectivity index is 1.90. The molecule has 3 nitrogen and oxygen atoms in total. The molecule has 1 fully saturated rings. The van der Waals surface area contributed by atoms with Gasteiger partial charge in [0.2, 0.25) is 0 Å². The number of aliphatic hydroxyl groups is 1. The van der Waals surface area contributed by atoms with Crippen molar-refractivity contribution < 1.29 is 9.84 Å². The maximum Gasteiger partial charge on any atom is 0.0631 e. The Hall–Kier alpha value is -0.930. The molecule has 15 heavy (non-hydrogen) atoms. The quantitative estimate of drug-likeness (QED) is 0.815. The standard InChI is InChI=1S/C12H17NO2/c1-9-6-11(8-15-9)12(14)7-10-2-4-13-5-3-10/h2-5,9,11-12,14H,6-8H2,1H3. The molecule has 0 spiro atoms. The molecule has 1 aromatic heterocycles. The Labute approximate surface area is 90.1 Å². The number of nitrogens with zero attached hydrogens (tertiary/aromatic N) is 1. The third kappa shape index (κ3) is 2.76. The molecule has 0 aliphatic carbocycles. The van der Waals surface area contributed by atoms with Gasteiger partial charge in [-0.25, -0.2) is 0 Å². The largest absolute Gasteiger partial charge is 0.392 e. The van der Waals surface area contributed by atoms with Crippen LogP contribution in [0.4, 0.5) is 0 Å². The minimum atomic E-state index is -0.294. The van der Waals surface area contributed by atoms with Crippen molar-refractivity contribution in [3.63, 3.8) is 0 Å². The summed E-state index contributed by atoms with van der Waals surface area (Å²) in [7, 11) is 0. The summed E-state index contributed by atoms with van der Waals surface area (Å²) < 4.78 is 5.45. The van der Waals surface area contributed by atoms with Crippen LogP contribution in [0.1, 0.15) is 18.9 Å². The summed E-state index contributed by atoms with van der Waals surface area (Å²) in [6, 6.07) is 3.89. The zero-order valence-corrected chi connectivity index (χ0v) is 8.97. The van der Waals surface area contributed by atoms with Crippen LogP contribution in [0.15, 0.2) is 24.5 Å². The van der Waals surface area contributed by atoms with Gasteiger partial charge >= 0.3 is 0 Å². The lowest BCUT2D eigenvalue weighted by Gasteiger charge is -2.16. The molecule has 0 bridgehead atoms. The second-order valence-corrected chi connectivity index (χ2v) is 4.27. The molecule has 82 valence electrons. The summed E-state index contributed by atoms with van der Waals surface area (Å²) in [4.78, 5) is 3.96. The first-order chi connectivity index (χ1) is 7.25. The van der Waals surface area contributed by atoms with Gasteiger partial charge < -0.3 is 9.84 Å². The first kappa shape index (κ1) is 10.6. The maximum absolute atomic E-state index is 10.0. The number of pyridine rings is 1. The Bertz CT molecular complexity index is 302. The van der Waals surface area contributed by atoms with Crippen LogP contribution >= 0.6 is 0 Å². The van der Waals surface area contributed by atoms with E-state index < -0.39 is 0 Å². The van der Waals surface area contributed by atoms with Gasteiger partial charge in [-0.15, -0.1) is 0 Å². The molecular weight excluding hydrogens is 190 g/mol. The van der Waals surface area contributed by atoms with Crippen molar-refractivity contribution in [2.24, 2.45) is 5.92 Å². The molecule has 0 aromatic carbocycles. The van der Waals surface area contributed by atoms with Crippen molar-refractivity contribution in [3.05, 3.63) is 30.1 Å². The lowest BCUT2D eigenvalue weighted by molar-refractivity contribution is 0.0807. The molecular formula is C12H17NO2. The molecule has 3 heteroatoms. The number of rotatable bonds is 3. The SMILES string of the molecule is CC1CC(C(O)Cc2ccncc2)CO1. The van der Waals surface area contributed by atoms with E-state index in [4.69, 9.17) is 4.74 Å². The van der Waals surface area contributed by atoms with Crippen LogP contribution in [0.2, 0.25) is 0 Å². The normalized spacial score (nSPS) is 27.9. The second kappa shape index (κ2) is 4.73. The third-order valence-corrected chi connectivity index (χ3v) is 2.97. The summed E-state index contributed by atoms with van der Waals surface area (Å²) >= 11 is 0. The zero-order chi connectivity index (χ0) is 10.7. The van der Waals surface area contributed by atoms with Gasteiger partial charge in [0.05, 0.1) is 18.8 Å². The molecule has 1 N–H and O–H groups in total. The Morgan fingerprint density at radius 3 is 2.87 bits per heavy atom. The monoisotopic (exact) mass is 207 g/mol. The van der Waals surface area contributed by atoms with Crippen LogP contribution in [-0.4, -0.2) is 28.9 Å². The van der Waals surface area contributed by atoms with Crippen molar-refractivity contribution in [1.82, 2.24) is 4.98 Å². The van der Waals surface area contributed by atoms with Crippen molar-refractivity contribution in [3.8, 4) is 0 Å². The lowest BCUT2D eigenvalue weighted by Crippen LogP contribution is -2.23. The van der Waals surface area contributed by atoms with E-state index in [-0.39, 0.29) is 12.0 Å². The van der Waals surface area contributed by atoms with E-state index in [1.807, 2.05) is 12.1 Å². The second-order valence-electron chi connectivity index (χ2n) is 4.27. The molecule has 0 saturated carbocycles. The first-order valence-corrected chi connectivity index (χ1v) is 5.44. The molecule has 0 radical (unpaired) electrons. The highest BCUT2D eigenvalue weighted by Gasteiger charge is 2.28. The molecule has 1 aromatic rings. The number of ether oxygens (including phenoxy) is 1. The van der Waals surface area contributed by atoms with Crippen LogP contribution < -0.4 is 0 Å². The fraction of sp³-hybridized carbons (Fsp3) is 0.583. The molecule has 1 saturated heterocycles. The lowest BCUT2D eigenvalue weighted by atomic mass is 9.94. The van der Waals surface area contributed by atoms with Gasteiger partial charge in [0.1, 0.15) is 0 Å². The van der Waals surface area contributed by atoms with Gasteiger partial charge in [-0.3, -0.25) is 4.98 Å². The van der Waals surface area contributed by atoms with E-state index in [0.29, 0.717) is 19.1 Å².